The predicted molar refractivity (Wildman–Crippen MR) is 127 cm³/mol. The quantitative estimate of drug-likeness (QED) is 0.279. The second-order valence-electron chi connectivity index (χ2n) is 9.17. The van der Waals surface area contributed by atoms with E-state index in [-0.39, 0.29) is 29.7 Å². The van der Waals surface area contributed by atoms with Gasteiger partial charge in [-0.05, 0) is 24.9 Å². The highest BCUT2D eigenvalue weighted by molar-refractivity contribution is 8.03. The molecule has 178 valence electrons. The van der Waals surface area contributed by atoms with E-state index in [1.165, 1.54) is 9.78 Å². The standard InChI is InChI=1S/C22H28ClN4O4S2/c1-11-18-17(12(2)29)22(31)27(18)19(21(23)30)20(11)33-14-5-13(24-7-14)6-15-8-26-10-25(3-4-28)9-16(26)32-15/h8-14,17-18,24,28-29H,3-7H2,1-2H3/q+1/t11-,12-,13+,14+,17-,18-/m1/s1. The van der Waals surface area contributed by atoms with Crippen LogP contribution in [0.1, 0.15) is 25.1 Å². The lowest BCUT2D eigenvalue weighted by molar-refractivity contribution is -0.696. The van der Waals surface area contributed by atoms with E-state index < -0.39 is 17.3 Å². The van der Waals surface area contributed by atoms with Gasteiger partial charge < -0.3 is 20.4 Å². The van der Waals surface area contributed by atoms with Crippen molar-refractivity contribution >= 4 is 50.7 Å². The molecular formula is C22H28ClN4O4S2+. The van der Waals surface area contributed by atoms with Crippen LogP contribution in [-0.4, -0.2) is 67.3 Å². The van der Waals surface area contributed by atoms with Crippen molar-refractivity contribution in [2.45, 2.75) is 56.7 Å². The molecule has 33 heavy (non-hydrogen) atoms. The Morgan fingerprint density at radius 3 is 2.94 bits per heavy atom. The fourth-order valence-electron chi connectivity index (χ4n) is 5.39. The van der Waals surface area contributed by atoms with Gasteiger partial charge in [-0.25, -0.2) is 4.57 Å². The number of β-lactam (4-membered cyclic amide) rings is 1. The molecule has 2 aromatic heterocycles. The van der Waals surface area contributed by atoms with Gasteiger partial charge >= 0.3 is 0 Å². The minimum absolute atomic E-state index is 0.0198. The topological polar surface area (TPSA) is 98.2 Å². The van der Waals surface area contributed by atoms with Gasteiger partial charge in [-0.2, -0.15) is 4.40 Å². The molecule has 0 radical (unpaired) electrons. The molecule has 5 rings (SSSR count). The van der Waals surface area contributed by atoms with Gasteiger partial charge in [-0.3, -0.25) is 9.59 Å². The van der Waals surface area contributed by atoms with E-state index in [0.717, 1.165) is 29.1 Å². The molecule has 6 atom stereocenters. The van der Waals surface area contributed by atoms with Crippen LogP contribution in [0.5, 0.6) is 0 Å². The first-order valence-electron chi connectivity index (χ1n) is 11.2. The first-order chi connectivity index (χ1) is 15.8. The number of hydrogen-bond acceptors (Lipinski definition) is 7. The maximum absolute atomic E-state index is 12.6. The Bertz CT molecular complexity index is 1100. The summed E-state index contributed by atoms with van der Waals surface area (Å²) in [6.45, 7) is 5.19. The molecule has 3 N–H and O–H groups in total. The number of halogens is 1. The average Bonchev–Trinajstić information content (AvgIpc) is 3.46. The van der Waals surface area contributed by atoms with Gasteiger partial charge in [0.2, 0.25) is 17.1 Å². The van der Waals surface area contributed by atoms with Crippen molar-refractivity contribution in [2.75, 3.05) is 13.2 Å². The highest BCUT2D eigenvalue weighted by Crippen LogP contribution is 2.52. The van der Waals surface area contributed by atoms with Gasteiger partial charge in [0.1, 0.15) is 24.6 Å². The second kappa shape index (κ2) is 8.98. The Balaban J connectivity index is 1.25. The molecule has 5 heterocycles. The normalized spacial score (nSPS) is 30.3. The van der Waals surface area contributed by atoms with Crippen molar-refractivity contribution in [1.29, 1.82) is 0 Å². The summed E-state index contributed by atoms with van der Waals surface area (Å²) in [4.78, 5) is 29.6. The van der Waals surface area contributed by atoms with E-state index in [2.05, 4.69) is 22.1 Å². The average molecular weight is 512 g/mol. The van der Waals surface area contributed by atoms with E-state index in [4.69, 9.17) is 16.7 Å². The highest BCUT2D eigenvalue weighted by Gasteiger charge is 2.59. The van der Waals surface area contributed by atoms with Crippen molar-refractivity contribution in [3.05, 3.63) is 34.2 Å². The monoisotopic (exact) mass is 511 g/mol. The van der Waals surface area contributed by atoms with Gasteiger partial charge in [0.25, 0.3) is 5.24 Å². The van der Waals surface area contributed by atoms with Crippen LogP contribution in [0.4, 0.5) is 0 Å². The number of fused-ring (bicyclic) bond motifs is 2. The third kappa shape index (κ3) is 4.04. The maximum atomic E-state index is 12.6. The zero-order valence-electron chi connectivity index (χ0n) is 18.5. The lowest BCUT2D eigenvalue weighted by Gasteiger charge is -2.46. The van der Waals surface area contributed by atoms with Gasteiger partial charge in [0, 0.05) is 40.0 Å². The van der Waals surface area contributed by atoms with Crippen LogP contribution < -0.4 is 9.88 Å². The highest BCUT2D eigenvalue weighted by atomic mass is 35.5. The Morgan fingerprint density at radius 1 is 1.48 bits per heavy atom. The number of rotatable bonds is 8. The largest absolute Gasteiger partial charge is 0.393 e. The molecule has 0 saturated carbocycles. The van der Waals surface area contributed by atoms with Crippen LogP contribution in [0.3, 0.4) is 0 Å². The number of nitrogens with zero attached hydrogens (tertiary/aromatic N) is 3. The van der Waals surface area contributed by atoms with E-state index in [1.54, 1.807) is 30.0 Å². The minimum atomic E-state index is -0.745. The summed E-state index contributed by atoms with van der Waals surface area (Å²) in [6, 6.07) is 0.151. The second-order valence-corrected chi connectivity index (χ2v) is 12.0. The van der Waals surface area contributed by atoms with Gasteiger partial charge in [0.15, 0.2) is 0 Å². The predicted octanol–water partition coefficient (Wildman–Crippen LogP) is 1.12. The van der Waals surface area contributed by atoms with Crippen LogP contribution in [0.25, 0.3) is 4.83 Å². The van der Waals surface area contributed by atoms with Crippen LogP contribution in [-0.2, 0) is 22.6 Å². The number of aliphatic hydroxyl groups excluding tert-OH is 2. The Morgan fingerprint density at radius 2 is 2.27 bits per heavy atom. The minimum Gasteiger partial charge on any atom is -0.393 e. The van der Waals surface area contributed by atoms with Crippen molar-refractivity contribution in [3.63, 3.8) is 0 Å². The van der Waals surface area contributed by atoms with Crippen molar-refractivity contribution in [3.8, 4) is 0 Å². The number of carbonyl (C=O) groups excluding carboxylic acids is 2. The van der Waals surface area contributed by atoms with Gasteiger partial charge in [0.05, 0.1) is 24.7 Å². The molecule has 1 amide bonds. The molecule has 0 bridgehead atoms. The lowest BCUT2D eigenvalue weighted by atomic mass is 9.79. The third-order valence-electron chi connectivity index (χ3n) is 6.90. The van der Waals surface area contributed by atoms with Crippen LogP contribution in [0.2, 0.25) is 0 Å². The molecule has 3 aliphatic rings. The molecule has 3 aliphatic heterocycles. The number of imidazole rings is 1. The molecule has 0 spiro atoms. The number of amides is 1. The van der Waals surface area contributed by atoms with Gasteiger partial charge in [-0.15, -0.1) is 11.8 Å². The maximum Gasteiger partial charge on any atom is 0.269 e. The molecule has 0 aromatic carbocycles. The van der Waals surface area contributed by atoms with Gasteiger partial charge in [-0.1, -0.05) is 18.3 Å². The Hall–Kier alpha value is -1.43. The number of nitrogens with one attached hydrogen (secondary N) is 1. The van der Waals surface area contributed by atoms with E-state index in [1.807, 2.05) is 17.8 Å². The Labute approximate surface area is 205 Å². The van der Waals surface area contributed by atoms with E-state index in [0.29, 0.717) is 18.3 Å². The lowest BCUT2D eigenvalue weighted by Crippen LogP contribution is -2.63. The number of aromatic nitrogens is 2. The van der Waals surface area contributed by atoms with Crippen molar-refractivity contribution in [1.82, 2.24) is 14.6 Å². The molecule has 0 aliphatic carbocycles. The van der Waals surface area contributed by atoms with Crippen LogP contribution >= 0.6 is 34.7 Å². The van der Waals surface area contributed by atoms with E-state index in [9.17, 15) is 14.7 Å². The number of aliphatic hydroxyl groups is 2. The van der Waals surface area contributed by atoms with Crippen molar-refractivity contribution in [2.24, 2.45) is 11.8 Å². The summed E-state index contributed by atoms with van der Waals surface area (Å²) >= 11 is 9.33. The molecular weight excluding hydrogens is 484 g/mol. The zero-order valence-corrected chi connectivity index (χ0v) is 20.9. The smallest absolute Gasteiger partial charge is 0.269 e. The number of thiazole rings is 1. The summed E-state index contributed by atoms with van der Waals surface area (Å²) in [5, 5.41) is 22.4. The summed E-state index contributed by atoms with van der Waals surface area (Å²) in [7, 11) is 0. The summed E-state index contributed by atoms with van der Waals surface area (Å²) < 4.78 is 4.08. The fraction of sp³-hybridized carbons (Fsp3) is 0.591. The number of hydrogen-bond donors (Lipinski definition) is 3. The molecule has 2 saturated heterocycles. The molecule has 2 aromatic rings. The molecule has 0 unspecified atom stereocenters. The van der Waals surface area contributed by atoms with Crippen LogP contribution in [0.15, 0.2) is 29.3 Å². The van der Waals surface area contributed by atoms with Crippen molar-refractivity contribution < 1.29 is 24.4 Å². The molecule has 2 fully saturated rings. The SMILES string of the molecule is C[C@@H](O)[C@H]1C(=O)N2C(C(=O)Cl)=C(S[C@@H]3CN[C@H](Cc4cn5c[n+](CCO)cc5s4)C3)[C@H](C)[C@H]12. The summed E-state index contributed by atoms with van der Waals surface area (Å²) in [5.74, 6) is -0.703. The van der Waals surface area contributed by atoms with E-state index >= 15 is 0 Å². The first-order valence-corrected chi connectivity index (χ1v) is 13.3. The fourth-order valence-corrected chi connectivity index (χ4v) is 8.28. The number of thioether (sulfide) groups is 1. The molecule has 11 heteroatoms. The summed E-state index contributed by atoms with van der Waals surface area (Å²) in [6.07, 6.45) is 7.34. The number of carbonyl (C=O) groups is 2. The molecule has 8 nitrogen and oxygen atoms in total. The van der Waals surface area contributed by atoms with Crippen LogP contribution in [0, 0.1) is 11.8 Å². The zero-order chi connectivity index (χ0) is 23.4. The Kier molecular flexibility index (Phi) is 6.34. The first kappa shape index (κ1) is 23.3. The number of allylic oxidation sites excluding steroid dienone is 1. The third-order valence-corrected chi connectivity index (χ3v) is 9.65. The summed E-state index contributed by atoms with van der Waals surface area (Å²) in [5.41, 5.74) is 0.314.